The second-order valence-corrected chi connectivity index (χ2v) is 4.59. The van der Waals surface area contributed by atoms with Gasteiger partial charge in [0, 0.05) is 10.8 Å². The van der Waals surface area contributed by atoms with E-state index in [4.69, 9.17) is 4.74 Å². The van der Waals surface area contributed by atoms with E-state index in [-0.39, 0.29) is 16.2 Å². The van der Waals surface area contributed by atoms with Gasteiger partial charge in [-0.05, 0) is 31.2 Å². The molecular formula is C17H13NO3. The van der Waals surface area contributed by atoms with Gasteiger partial charge < -0.3 is 4.74 Å². The largest absolute Gasteiger partial charge is 0.494 e. The number of benzene rings is 2. The quantitative estimate of drug-likeness (QED) is 0.737. The van der Waals surface area contributed by atoms with Crippen molar-refractivity contribution >= 4 is 16.5 Å². The minimum absolute atomic E-state index is 0.0274. The number of hydrogen-bond donors (Lipinski definition) is 0. The van der Waals surface area contributed by atoms with Gasteiger partial charge in [0.05, 0.1) is 12.3 Å². The Bertz CT molecular complexity index is 883. The molecule has 0 aliphatic heterocycles. The van der Waals surface area contributed by atoms with Gasteiger partial charge in [-0.2, -0.15) is 0 Å². The molecule has 0 heterocycles. The maximum Gasteiger partial charge on any atom is 0.216 e. The molecule has 0 spiro atoms. The lowest BCUT2D eigenvalue weighted by atomic mass is 10.2. The van der Waals surface area contributed by atoms with Gasteiger partial charge in [0.2, 0.25) is 10.9 Å². The minimum atomic E-state index is -0.315. The lowest BCUT2D eigenvalue weighted by Gasteiger charge is -2.01. The molecule has 0 aliphatic rings. The Morgan fingerprint density at radius 2 is 1.48 bits per heavy atom. The number of ether oxygens (including phenoxy) is 1. The monoisotopic (exact) mass is 279 g/mol. The highest BCUT2D eigenvalue weighted by Gasteiger charge is 2.09. The average Bonchev–Trinajstić information content (AvgIpc) is 2.75. The molecule has 0 atom stereocenters. The van der Waals surface area contributed by atoms with Crippen molar-refractivity contribution in [2.45, 2.75) is 6.92 Å². The maximum absolute atomic E-state index is 12.2. The van der Waals surface area contributed by atoms with E-state index >= 15 is 0 Å². The van der Waals surface area contributed by atoms with Gasteiger partial charge in [0.15, 0.2) is 5.36 Å². The van der Waals surface area contributed by atoms with Gasteiger partial charge in [-0.25, -0.2) is 4.99 Å². The fourth-order valence-electron chi connectivity index (χ4n) is 2.25. The molecule has 3 aromatic carbocycles. The van der Waals surface area contributed by atoms with Crippen molar-refractivity contribution in [1.29, 1.82) is 0 Å². The first-order chi connectivity index (χ1) is 10.2. The molecule has 0 fully saturated rings. The van der Waals surface area contributed by atoms with Crippen molar-refractivity contribution < 1.29 is 4.74 Å². The SMILES string of the molecule is CCOc1ccc(N=c2c(=O)c3ccccc3c2=O)cc1. The molecule has 4 heteroatoms. The van der Waals surface area contributed by atoms with E-state index in [1.165, 1.54) is 0 Å². The molecule has 0 aromatic heterocycles. The number of fused-ring (bicyclic) bond motifs is 1. The Labute approximate surface area is 120 Å². The fourth-order valence-corrected chi connectivity index (χ4v) is 2.25. The molecular weight excluding hydrogens is 266 g/mol. The molecule has 21 heavy (non-hydrogen) atoms. The zero-order chi connectivity index (χ0) is 14.8. The van der Waals surface area contributed by atoms with Crippen LogP contribution in [0.4, 0.5) is 5.69 Å². The van der Waals surface area contributed by atoms with E-state index in [1.54, 1.807) is 48.5 Å². The van der Waals surface area contributed by atoms with Crippen LogP contribution in [-0.4, -0.2) is 6.61 Å². The summed E-state index contributed by atoms with van der Waals surface area (Å²) < 4.78 is 5.34. The highest BCUT2D eigenvalue weighted by atomic mass is 16.5. The second-order valence-electron chi connectivity index (χ2n) is 4.59. The van der Waals surface area contributed by atoms with Crippen molar-refractivity contribution in [3.63, 3.8) is 0 Å². The predicted molar refractivity (Wildman–Crippen MR) is 81.7 cm³/mol. The van der Waals surface area contributed by atoms with E-state index in [2.05, 4.69) is 4.99 Å². The van der Waals surface area contributed by atoms with Gasteiger partial charge in [-0.1, -0.05) is 24.3 Å². The molecule has 0 unspecified atom stereocenters. The maximum atomic E-state index is 12.2. The summed E-state index contributed by atoms with van der Waals surface area (Å²) >= 11 is 0. The van der Waals surface area contributed by atoms with Crippen LogP contribution in [0, 0.1) is 0 Å². The third kappa shape index (κ3) is 2.36. The van der Waals surface area contributed by atoms with E-state index in [9.17, 15) is 9.59 Å². The first kappa shape index (κ1) is 13.2. The molecule has 0 radical (unpaired) electrons. The van der Waals surface area contributed by atoms with E-state index in [1.807, 2.05) is 6.92 Å². The van der Waals surface area contributed by atoms with Gasteiger partial charge in [0.25, 0.3) is 0 Å². The Morgan fingerprint density at radius 1 is 0.905 bits per heavy atom. The van der Waals surface area contributed by atoms with Crippen LogP contribution >= 0.6 is 0 Å². The highest BCUT2D eigenvalue weighted by Crippen LogP contribution is 2.17. The van der Waals surface area contributed by atoms with Crippen LogP contribution in [0.3, 0.4) is 0 Å². The van der Waals surface area contributed by atoms with Crippen LogP contribution < -0.4 is 21.0 Å². The van der Waals surface area contributed by atoms with Gasteiger partial charge in [-0.3, -0.25) is 9.59 Å². The summed E-state index contributed by atoms with van der Waals surface area (Å²) in [5, 5.41) is 0.819. The smallest absolute Gasteiger partial charge is 0.216 e. The van der Waals surface area contributed by atoms with Crippen molar-refractivity contribution in [1.82, 2.24) is 0 Å². The van der Waals surface area contributed by atoms with E-state index < -0.39 is 0 Å². The topological polar surface area (TPSA) is 55.7 Å². The normalized spacial score (nSPS) is 10.7. The summed E-state index contributed by atoms with van der Waals surface area (Å²) in [6.07, 6.45) is 0. The minimum Gasteiger partial charge on any atom is -0.494 e. The molecule has 0 aliphatic carbocycles. The standard InChI is InChI=1S/C17H13NO3/c1-2-21-12-9-7-11(8-10-12)18-15-16(19)13-5-3-4-6-14(13)17(15)20/h3-10H,2H2,1H3. The Hall–Kier alpha value is -2.75. The number of hydrogen-bond acceptors (Lipinski definition) is 4. The van der Waals surface area contributed by atoms with E-state index in [0.717, 1.165) is 5.75 Å². The van der Waals surface area contributed by atoms with Crippen molar-refractivity contribution in [3.8, 4) is 5.75 Å². The van der Waals surface area contributed by atoms with Crippen molar-refractivity contribution in [3.05, 3.63) is 74.3 Å². The molecule has 0 saturated heterocycles. The highest BCUT2D eigenvalue weighted by molar-refractivity contribution is 5.83. The summed E-state index contributed by atoms with van der Waals surface area (Å²) in [6, 6.07) is 13.8. The zero-order valence-corrected chi connectivity index (χ0v) is 11.5. The summed E-state index contributed by atoms with van der Waals surface area (Å²) in [7, 11) is 0. The summed E-state index contributed by atoms with van der Waals surface area (Å²) in [5.74, 6) is 0.730. The van der Waals surface area contributed by atoms with Gasteiger partial charge in [0.1, 0.15) is 5.75 Å². The molecule has 3 aromatic rings. The molecule has 104 valence electrons. The zero-order valence-electron chi connectivity index (χ0n) is 11.5. The lowest BCUT2D eigenvalue weighted by molar-refractivity contribution is 0.340. The molecule has 3 rings (SSSR count). The van der Waals surface area contributed by atoms with Gasteiger partial charge >= 0.3 is 0 Å². The molecule has 0 N–H and O–H groups in total. The number of nitrogens with zero attached hydrogens (tertiary/aromatic N) is 1. The third-order valence-corrected chi connectivity index (χ3v) is 3.24. The third-order valence-electron chi connectivity index (χ3n) is 3.24. The van der Waals surface area contributed by atoms with E-state index in [0.29, 0.717) is 23.1 Å². The average molecular weight is 279 g/mol. The van der Waals surface area contributed by atoms with Crippen LogP contribution in [0.2, 0.25) is 0 Å². The Balaban J connectivity index is 2.16. The Morgan fingerprint density at radius 3 is 2.00 bits per heavy atom. The molecule has 0 saturated carbocycles. The van der Waals surface area contributed by atoms with Crippen LogP contribution in [0.15, 0.2) is 63.1 Å². The van der Waals surface area contributed by atoms with Crippen LogP contribution in [0.5, 0.6) is 5.75 Å². The predicted octanol–water partition coefficient (Wildman–Crippen LogP) is 2.07. The summed E-state index contributed by atoms with van der Waals surface area (Å²) in [4.78, 5) is 28.6. The van der Waals surface area contributed by atoms with Gasteiger partial charge in [-0.15, -0.1) is 0 Å². The molecule has 0 bridgehead atoms. The first-order valence-electron chi connectivity index (χ1n) is 6.70. The van der Waals surface area contributed by atoms with Crippen LogP contribution in [0.25, 0.3) is 10.8 Å². The van der Waals surface area contributed by atoms with Crippen molar-refractivity contribution in [2.75, 3.05) is 6.61 Å². The summed E-state index contributed by atoms with van der Waals surface area (Å²) in [6.45, 7) is 2.49. The molecule has 0 amide bonds. The second kappa shape index (κ2) is 5.32. The lowest BCUT2D eigenvalue weighted by Crippen LogP contribution is -2.31. The number of rotatable bonds is 3. The van der Waals surface area contributed by atoms with Crippen molar-refractivity contribution in [2.24, 2.45) is 4.99 Å². The fraction of sp³-hybridized carbons (Fsp3) is 0.118. The van der Waals surface area contributed by atoms with Crippen LogP contribution in [0.1, 0.15) is 6.92 Å². The summed E-state index contributed by atoms with van der Waals surface area (Å²) in [5.41, 5.74) is -0.0723. The first-order valence-corrected chi connectivity index (χ1v) is 6.70. The Kier molecular flexibility index (Phi) is 3.36. The molecule has 4 nitrogen and oxygen atoms in total. The van der Waals surface area contributed by atoms with Crippen LogP contribution in [-0.2, 0) is 0 Å².